The fourth-order valence-corrected chi connectivity index (χ4v) is 4.25. The van der Waals surface area contributed by atoms with E-state index in [9.17, 15) is 8.42 Å². The largest absolute Gasteiger partial charge is 0.490 e. The highest BCUT2D eigenvalue weighted by molar-refractivity contribution is 7.99. The molecule has 0 saturated carbocycles. The van der Waals surface area contributed by atoms with Crippen molar-refractivity contribution in [2.45, 2.75) is 0 Å². The summed E-state index contributed by atoms with van der Waals surface area (Å²) in [7, 11) is -3.21. The van der Waals surface area contributed by atoms with Crippen LogP contribution in [0.4, 0.5) is 5.69 Å². The molecule has 1 heterocycles. The van der Waals surface area contributed by atoms with Gasteiger partial charge in [0.25, 0.3) is 0 Å². The van der Waals surface area contributed by atoms with E-state index in [1.807, 2.05) is 12.1 Å². The highest BCUT2D eigenvalue weighted by Gasteiger charge is 2.23. The molecule has 19 heavy (non-hydrogen) atoms. The molecule has 2 N–H and O–H groups in total. The number of hydrogen-bond acceptors (Lipinski definition) is 5. The van der Waals surface area contributed by atoms with Crippen LogP contribution in [0.1, 0.15) is 0 Å². The molecule has 0 amide bonds. The quantitative estimate of drug-likeness (QED) is 0.822. The van der Waals surface area contributed by atoms with Crippen LogP contribution in [-0.4, -0.2) is 49.7 Å². The Labute approximate surface area is 118 Å². The van der Waals surface area contributed by atoms with Gasteiger partial charge in [0.05, 0.1) is 11.4 Å². The highest BCUT2D eigenvalue weighted by atomic mass is 32.2. The third kappa shape index (κ3) is 4.02. The van der Waals surface area contributed by atoms with E-state index in [1.165, 1.54) is 0 Å². The molecule has 0 atom stereocenters. The summed E-state index contributed by atoms with van der Waals surface area (Å²) >= 11 is 1.78. The molecular weight excluding hydrogens is 284 g/mol. The average molecular weight is 302 g/mol. The second-order valence-corrected chi connectivity index (χ2v) is 7.53. The molecule has 7 heteroatoms. The smallest absolute Gasteiger partial charge is 0.217 e. The Morgan fingerprint density at radius 1 is 1.26 bits per heavy atom. The SMILES string of the molecule is Nc1ccccc1OCCS(=O)(=O)N1CCSCC1. The number of hydrogen-bond donors (Lipinski definition) is 1. The number of ether oxygens (including phenoxy) is 1. The number of thioether (sulfide) groups is 1. The van der Waals surface area contributed by atoms with Crippen molar-refractivity contribution in [1.29, 1.82) is 0 Å². The zero-order chi connectivity index (χ0) is 13.7. The number of nitrogen functional groups attached to an aromatic ring is 1. The average Bonchev–Trinajstić information content (AvgIpc) is 2.42. The van der Waals surface area contributed by atoms with Crippen LogP contribution >= 0.6 is 11.8 Å². The summed E-state index contributed by atoms with van der Waals surface area (Å²) in [6.07, 6.45) is 0. The lowest BCUT2D eigenvalue weighted by atomic mass is 10.3. The lowest BCUT2D eigenvalue weighted by molar-refractivity contribution is 0.337. The summed E-state index contributed by atoms with van der Waals surface area (Å²) < 4.78 is 31.1. The van der Waals surface area contributed by atoms with Crippen molar-refractivity contribution in [3.05, 3.63) is 24.3 Å². The Bertz CT molecular complexity index is 513. The third-order valence-corrected chi connectivity index (χ3v) is 5.66. The van der Waals surface area contributed by atoms with Crippen LogP contribution in [0.2, 0.25) is 0 Å². The molecule has 1 aliphatic heterocycles. The summed E-state index contributed by atoms with van der Waals surface area (Å²) in [5.41, 5.74) is 6.25. The molecule has 1 aliphatic rings. The van der Waals surface area contributed by atoms with Gasteiger partial charge in [-0.1, -0.05) is 12.1 Å². The third-order valence-electron chi connectivity index (χ3n) is 2.88. The lowest BCUT2D eigenvalue weighted by Crippen LogP contribution is -2.40. The molecule has 0 spiro atoms. The van der Waals surface area contributed by atoms with Crippen molar-refractivity contribution in [2.75, 3.05) is 42.7 Å². The minimum atomic E-state index is -3.21. The Morgan fingerprint density at radius 3 is 2.63 bits per heavy atom. The van der Waals surface area contributed by atoms with Crippen molar-refractivity contribution in [2.24, 2.45) is 0 Å². The highest BCUT2D eigenvalue weighted by Crippen LogP contribution is 2.20. The summed E-state index contributed by atoms with van der Waals surface area (Å²) in [4.78, 5) is 0. The number of anilines is 1. The molecule has 0 unspecified atom stereocenters. The first-order valence-electron chi connectivity index (χ1n) is 6.12. The van der Waals surface area contributed by atoms with Crippen LogP contribution in [0.25, 0.3) is 0 Å². The van der Waals surface area contributed by atoms with Gasteiger partial charge in [0.2, 0.25) is 10.0 Å². The maximum Gasteiger partial charge on any atom is 0.217 e. The zero-order valence-corrected chi connectivity index (χ0v) is 12.3. The Kier molecular flexibility index (Phi) is 4.95. The van der Waals surface area contributed by atoms with Crippen molar-refractivity contribution in [3.8, 4) is 5.75 Å². The first-order chi connectivity index (χ1) is 9.09. The minimum Gasteiger partial charge on any atom is -0.490 e. The van der Waals surface area contributed by atoms with Crippen molar-refractivity contribution in [3.63, 3.8) is 0 Å². The first kappa shape index (κ1) is 14.5. The maximum absolute atomic E-state index is 12.1. The molecule has 1 aromatic rings. The first-order valence-corrected chi connectivity index (χ1v) is 8.89. The van der Waals surface area contributed by atoms with Crippen LogP contribution < -0.4 is 10.5 Å². The van der Waals surface area contributed by atoms with Gasteiger partial charge in [0.15, 0.2) is 0 Å². The number of para-hydroxylation sites is 2. The molecule has 2 rings (SSSR count). The van der Waals surface area contributed by atoms with E-state index in [2.05, 4.69) is 0 Å². The van der Waals surface area contributed by atoms with E-state index in [-0.39, 0.29) is 12.4 Å². The molecule has 5 nitrogen and oxygen atoms in total. The van der Waals surface area contributed by atoms with Gasteiger partial charge in [-0.3, -0.25) is 0 Å². The molecule has 0 aliphatic carbocycles. The van der Waals surface area contributed by atoms with Crippen LogP contribution in [-0.2, 0) is 10.0 Å². The molecule has 106 valence electrons. The van der Waals surface area contributed by atoms with Crippen molar-refractivity contribution in [1.82, 2.24) is 4.31 Å². The van der Waals surface area contributed by atoms with Gasteiger partial charge in [0.1, 0.15) is 12.4 Å². The van der Waals surface area contributed by atoms with E-state index in [4.69, 9.17) is 10.5 Å². The standard InChI is InChI=1S/C12H18N2O3S2/c13-11-3-1-2-4-12(11)17-7-10-19(15,16)14-5-8-18-9-6-14/h1-4H,5-10,13H2. The number of nitrogens with zero attached hydrogens (tertiary/aromatic N) is 1. The van der Waals surface area contributed by atoms with E-state index < -0.39 is 10.0 Å². The van der Waals surface area contributed by atoms with Gasteiger partial charge >= 0.3 is 0 Å². The number of sulfonamides is 1. The number of nitrogens with two attached hydrogens (primary N) is 1. The fraction of sp³-hybridized carbons (Fsp3) is 0.500. The van der Waals surface area contributed by atoms with Gasteiger partial charge in [0, 0.05) is 24.6 Å². The molecule has 0 bridgehead atoms. The van der Waals surface area contributed by atoms with Crippen molar-refractivity contribution >= 4 is 27.5 Å². The summed E-state index contributed by atoms with van der Waals surface area (Å²) in [5, 5.41) is 0. The summed E-state index contributed by atoms with van der Waals surface area (Å²) in [5.74, 6) is 2.26. The van der Waals surface area contributed by atoms with Crippen LogP contribution in [0, 0.1) is 0 Å². The van der Waals surface area contributed by atoms with E-state index >= 15 is 0 Å². The van der Waals surface area contributed by atoms with Crippen LogP contribution in [0.5, 0.6) is 5.75 Å². The molecule has 1 fully saturated rings. The molecule has 0 aromatic heterocycles. The monoisotopic (exact) mass is 302 g/mol. The van der Waals surface area contributed by atoms with Gasteiger partial charge < -0.3 is 10.5 Å². The normalized spacial score (nSPS) is 17.3. The molecular formula is C12H18N2O3S2. The van der Waals surface area contributed by atoms with Gasteiger partial charge in [-0.25, -0.2) is 12.7 Å². The Balaban J connectivity index is 1.86. The van der Waals surface area contributed by atoms with Crippen LogP contribution in [0.15, 0.2) is 24.3 Å². The van der Waals surface area contributed by atoms with Gasteiger partial charge in [-0.15, -0.1) is 0 Å². The number of benzene rings is 1. The fourth-order valence-electron chi connectivity index (χ4n) is 1.82. The van der Waals surface area contributed by atoms with E-state index in [0.29, 0.717) is 24.5 Å². The Morgan fingerprint density at radius 2 is 1.95 bits per heavy atom. The van der Waals surface area contributed by atoms with E-state index in [1.54, 1.807) is 28.2 Å². The van der Waals surface area contributed by atoms with E-state index in [0.717, 1.165) is 11.5 Å². The Hall–Kier alpha value is -0.920. The second-order valence-electron chi connectivity index (χ2n) is 4.21. The zero-order valence-electron chi connectivity index (χ0n) is 10.6. The maximum atomic E-state index is 12.1. The molecule has 1 aromatic carbocycles. The second kappa shape index (κ2) is 6.49. The summed E-state index contributed by atoms with van der Waals surface area (Å²) in [6, 6.07) is 7.08. The lowest BCUT2D eigenvalue weighted by Gasteiger charge is -2.25. The predicted molar refractivity (Wildman–Crippen MR) is 79.0 cm³/mol. The summed E-state index contributed by atoms with van der Waals surface area (Å²) in [6.45, 7) is 1.32. The van der Waals surface area contributed by atoms with Crippen molar-refractivity contribution < 1.29 is 13.2 Å². The molecule has 1 saturated heterocycles. The minimum absolute atomic E-state index is 0.00794. The van der Waals surface area contributed by atoms with Crippen LogP contribution in [0.3, 0.4) is 0 Å². The topological polar surface area (TPSA) is 72.6 Å². The predicted octanol–water partition coefficient (Wildman–Crippen LogP) is 1.03. The van der Waals surface area contributed by atoms with Gasteiger partial charge in [-0.05, 0) is 12.1 Å². The number of rotatable bonds is 5. The molecule has 0 radical (unpaired) electrons. The van der Waals surface area contributed by atoms with Gasteiger partial charge in [-0.2, -0.15) is 11.8 Å².